The van der Waals surface area contributed by atoms with Gasteiger partial charge in [-0.25, -0.2) is 4.79 Å². The van der Waals surface area contributed by atoms with Crippen LogP contribution in [0.1, 0.15) is 13.3 Å². The number of benzene rings is 1. The van der Waals surface area contributed by atoms with Crippen LogP contribution < -0.4 is 4.90 Å². The second-order valence-electron chi connectivity index (χ2n) is 3.97. The number of amides is 1. The Kier molecular flexibility index (Phi) is 2.95. The predicted molar refractivity (Wildman–Crippen MR) is 63.5 cm³/mol. The van der Waals surface area contributed by atoms with Crippen molar-refractivity contribution in [2.24, 2.45) is 0 Å². The van der Waals surface area contributed by atoms with Crippen LogP contribution in [0.5, 0.6) is 0 Å². The van der Waals surface area contributed by atoms with E-state index in [1.54, 1.807) is 4.90 Å². The zero-order valence-corrected chi connectivity index (χ0v) is 9.35. The van der Waals surface area contributed by atoms with Crippen molar-refractivity contribution in [3.63, 3.8) is 0 Å². The summed E-state index contributed by atoms with van der Waals surface area (Å²) >= 11 is 0. The summed E-state index contributed by atoms with van der Waals surface area (Å²) in [4.78, 5) is 13.4. The van der Waals surface area contributed by atoms with Gasteiger partial charge in [0.2, 0.25) is 0 Å². The number of rotatable bonds is 2. The van der Waals surface area contributed by atoms with Gasteiger partial charge in [0, 0.05) is 12.1 Å². The minimum Gasteiger partial charge on any atom is -0.449 e. The van der Waals surface area contributed by atoms with E-state index in [4.69, 9.17) is 4.74 Å². The highest BCUT2D eigenvalue weighted by Crippen LogP contribution is 2.26. The molecule has 1 aromatic rings. The average Bonchev–Trinajstić information content (AvgIpc) is 2.29. The summed E-state index contributed by atoms with van der Waals surface area (Å²) in [6.07, 6.45) is 0.515. The summed E-state index contributed by atoms with van der Waals surface area (Å²) in [7, 11) is 0. The standard InChI is InChI=1S/C13H15NO2/c1-10(2)12-8-9-16-13(15)14(12)11-6-4-3-5-7-11/h3-7,12H,1,8-9H2,2H3. The second-order valence-corrected chi connectivity index (χ2v) is 3.97. The van der Waals surface area contributed by atoms with Crippen molar-refractivity contribution < 1.29 is 9.53 Å². The van der Waals surface area contributed by atoms with E-state index in [1.165, 1.54) is 0 Å². The van der Waals surface area contributed by atoms with Crippen LogP contribution in [-0.4, -0.2) is 18.7 Å². The Bertz CT molecular complexity index is 400. The maximum absolute atomic E-state index is 11.8. The van der Waals surface area contributed by atoms with Gasteiger partial charge in [-0.2, -0.15) is 0 Å². The van der Waals surface area contributed by atoms with Crippen LogP contribution in [0.25, 0.3) is 0 Å². The number of ether oxygens (including phenoxy) is 1. The van der Waals surface area contributed by atoms with E-state index in [-0.39, 0.29) is 12.1 Å². The van der Waals surface area contributed by atoms with Crippen LogP contribution >= 0.6 is 0 Å². The van der Waals surface area contributed by atoms with Gasteiger partial charge in [-0.15, -0.1) is 0 Å². The van der Waals surface area contributed by atoms with Gasteiger partial charge in [0.1, 0.15) is 0 Å². The summed E-state index contributed by atoms with van der Waals surface area (Å²) in [5.41, 5.74) is 1.85. The molecule has 3 heteroatoms. The molecule has 16 heavy (non-hydrogen) atoms. The van der Waals surface area contributed by atoms with E-state index in [0.717, 1.165) is 17.7 Å². The highest BCUT2D eigenvalue weighted by atomic mass is 16.6. The summed E-state index contributed by atoms with van der Waals surface area (Å²) in [6, 6.07) is 9.60. The van der Waals surface area contributed by atoms with Gasteiger partial charge in [0.05, 0.1) is 12.6 Å². The molecule has 1 unspecified atom stereocenters. The smallest absolute Gasteiger partial charge is 0.414 e. The SMILES string of the molecule is C=C(C)C1CCOC(=O)N1c1ccccc1. The summed E-state index contributed by atoms with van der Waals surface area (Å²) in [6.45, 7) is 6.36. The minimum absolute atomic E-state index is 0.0450. The first-order chi connectivity index (χ1) is 7.70. The molecule has 1 fully saturated rings. The normalized spacial score (nSPS) is 20.4. The van der Waals surface area contributed by atoms with Crippen molar-refractivity contribution in [2.75, 3.05) is 11.5 Å². The van der Waals surface area contributed by atoms with Crippen LogP contribution in [0.3, 0.4) is 0 Å². The van der Waals surface area contributed by atoms with Gasteiger partial charge in [-0.3, -0.25) is 4.90 Å². The lowest BCUT2D eigenvalue weighted by atomic mass is 10.0. The fraction of sp³-hybridized carbons (Fsp3) is 0.308. The van der Waals surface area contributed by atoms with Gasteiger partial charge in [-0.1, -0.05) is 30.4 Å². The number of nitrogens with zero attached hydrogens (tertiary/aromatic N) is 1. The van der Waals surface area contributed by atoms with E-state index in [0.29, 0.717) is 6.61 Å². The van der Waals surface area contributed by atoms with Crippen LogP contribution in [0.4, 0.5) is 10.5 Å². The lowest BCUT2D eigenvalue weighted by Gasteiger charge is -2.35. The molecule has 1 atom stereocenters. The van der Waals surface area contributed by atoms with Crippen molar-refractivity contribution in [3.05, 3.63) is 42.5 Å². The van der Waals surface area contributed by atoms with E-state index >= 15 is 0 Å². The van der Waals surface area contributed by atoms with Gasteiger partial charge in [-0.05, 0) is 19.1 Å². The van der Waals surface area contributed by atoms with E-state index < -0.39 is 0 Å². The molecule has 1 heterocycles. The van der Waals surface area contributed by atoms with Crippen molar-refractivity contribution in [3.8, 4) is 0 Å². The molecule has 0 aliphatic carbocycles. The number of para-hydroxylation sites is 1. The number of hydrogen-bond acceptors (Lipinski definition) is 2. The van der Waals surface area contributed by atoms with Gasteiger partial charge < -0.3 is 4.74 Å². The molecule has 0 aromatic heterocycles. The first-order valence-electron chi connectivity index (χ1n) is 5.36. The Hall–Kier alpha value is -1.77. The highest BCUT2D eigenvalue weighted by Gasteiger charge is 2.31. The largest absolute Gasteiger partial charge is 0.449 e. The average molecular weight is 217 g/mol. The number of carbonyl (C=O) groups excluding carboxylic acids is 1. The van der Waals surface area contributed by atoms with Crippen molar-refractivity contribution in [2.45, 2.75) is 19.4 Å². The molecule has 1 aliphatic rings. The van der Waals surface area contributed by atoms with Gasteiger partial charge >= 0.3 is 6.09 Å². The molecule has 1 saturated heterocycles. The van der Waals surface area contributed by atoms with Crippen LogP contribution in [0.2, 0.25) is 0 Å². The quantitative estimate of drug-likeness (QED) is 0.713. The number of anilines is 1. The molecule has 1 aromatic carbocycles. The fourth-order valence-corrected chi connectivity index (χ4v) is 1.92. The molecule has 0 radical (unpaired) electrons. The second kappa shape index (κ2) is 4.39. The van der Waals surface area contributed by atoms with Crippen molar-refractivity contribution in [1.82, 2.24) is 0 Å². The molecule has 1 aliphatic heterocycles. The minimum atomic E-state index is -0.287. The molecular formula is C13H15NO2. The summed E-state index contributed by atoms with van der Waals surface area (Å²) in [5, 5.41) is 0. The zero-order valence-electron chi connectivity index (χ0n) is 9.35. The molecule has 0 saturated carbocycles. The molecular weight excluding hydrogens is 202 g/mol. The third kappa shape index (κ3) is 1.94. The van der Waals surface area contributed by atoms with E-state index in [9.17, 15) is 4.79 Å². The maximum atomic E-state index is 11.8. The molecule has 0 N–H and O–H groups in total. The monoisotopic (exact) mass is 217 g/mol. The van der Waals surface area contributed by atoms with Crippen molar-refractivity contribution >= 4 is 11.8 Å². The van der Waals surface area contributed by atoms with E-state index in [2.05, 4.69) is 6.58 Å². The topological polar surface area (TPSA) is 29.5 Å². The highest BCUT2D eigenvalue weighted by molar-refractivity contribution is 5.89. The third-order valence-electron chi connectivity index (χ3n) is 2.73. The summed E-state index contributed by atoms with van der Waals surface area (Å²) < 4.78 is 5.07. The lowest BCUT2D eigenvalue weighted by molar-refractivity contribution is 0.133. The Morgan fingerprint density at radius 1 is 1.44 bits per heavy atom. The number of cyclic esters (lactones) is 1. The summed E-state index contributed by atoms with van der Waals surface area (Å²) in [5.74, 6) is 0. The number of hydrogen-bond donors (Lipinski definition) is 0. The molecule has 84 valence electrons. The first kappa shape index (κ1) is 10.7. The maximum Gasteiger partial charge on any atom is 0.414 e. The zero-order chi connectivity index (χ0) is 11.5. The van der Waals surface area contributed by atoms with Crippen LogP contribution in [-0.2, 0) is 4.74 Å². The molecule has 0 spiro atoms. The fourth-order valence-electron chi connectivity index (χ4n) is 1.92. The first-order valence-corrected chi connectivity index (χ1v) is 5.36. The molecule has 3 nitrogen and oxygen atoms in total. The van der Waals surface area contributed by atoms with Gasteiger partial charge in [0.15, 0.2) is 0 Å². The predicted octanol–water partition coefficient (Wildman–Crippen LogP) is 2.98. The third-order valence-corrected chi connectivity index (χ3v) is 2.73. The van der Waals surface area contributed by atoms with Crippen molar-refractivity contribution in [1.29, 1.82) is 0 Å². The Balaban J connectivity index is 2.34. The van der Waals surface area contributed by atoms with Crippen LogP contribution in [0.15, 0.2) is 42.5 Å². The molecule has 1 amide bonds. The Morgan fingerprint density at radius 3 is 2.75 bits per heavy atom. The van der Waals surface area contributed by atoms with Gasteiger partial charge in [0.25, 0.3) is 0 Å². The lowest BCUT2D eigenvalue weighted by Crippen LogP contribution is -2.46. The van der Waals surface area contributed by atoms with E-state index in [1.807, 2.05) is 37.3 Å². The Morgan fingerprint density at radius 2 is 2.12 bits per heavy atom. The Labute approximate surface area is 95.3 Å². The molecule has 0 bridgehead atoms. The van der Waals surface area contributed by atoms with Crippen LogP contribution in [0, 0.1) is 0 Å². The molecule has 2 rings (SSSR count). The number of carbonyl (C=O) groups is 1.